The summed E-state index contributed by atoms with van der Waals surface area (Å²) in [5.41, 5.74) is 1.61. The van der Waals surface area contributed by atoms with Crippen LogP contribution in [-0.2, 0) is 4.79 Å². The van der Waals surface area contributed by atoms with Crippen molar-refractivity contribution in [2.24, 2.45) is 0 Å². The maximum atomic E-state index is 12.6. The largest absolute Gasteiger partial charge is 0.457 e. The van der Waals surface area contributed by atoms with Crippen molar-refractivity contribution in [1.29, 1.82) is 0 Å². The first-order chi connectivity index (χ1) is 12.6. The van der Waals surface area contributed by atoms with E-state index in [4.69, 9.17) is 4.42 Å². The van der Waals surface area contributed by atoms with Crippen LogP contribution in [0.25, 0.3) is 17.4 Å². The first kappa shape index (κ1) is 16.4. The number of benzene rings is 2. The molecule has 4 rings (SSSR count). The molecule has 3 amide bonds. The van der Waals surface area contributed by atoms with Crippen LogP contribution in [-0.4, -0.2) is 11.9 Å². The number of carbonyl (C=O) groups excluding carboxylic acids is 2. The topological polar surface area (TPSA) is 62.6 Å². The van der Waals surface area contributed by atoms with Crippen molar-refractivity contribution in [3.8, 4) is 11.3 Å². The van der Waals surface area contributed by atoms with Gasteiger partial charge in [-0.1, -0.05) is 46.3 Å². The van der Waals surface area contributed by atoms with Crippen molar-refractivity contribution in [2.75, 3.05) is 4.90 Å². The van der Waals surface area contributed by atoms with Gasteiger partial charge in [0.1, 0.15) is 17.2 Å². The summed E-state index contributed by atoms with van der Waals surface area (Å²) >= 11 is 3.43. The van der Waals surface area contributed by atoms with Gasteiger partial charge in [-0.3, -0.25) is 4.79 Å². The van der Waals surface area contributed by atoms with E-state index in [9.17, 15) is 9.59 Å². The predicted octanol–water partition coefficient (Wildman–Crippen LogP) is 4.81. The minimum absolute atomic E-state index is 0.175. The second-order valence-corrected chi connectivity index (χ2v) is 6.59. The van der Waals surface area contributed by atoms with Crippen LogP contribution in [0.1, 0.15) is 5.76 Å². The highest BCUT2D eigenvalue weighted by molar-refractivity contribution is 9.10. The lowest BCUT2D eigenvalue weighted by atomic mass is 10.2. The summed E-state index contributed by atoms with van der Waals surface area (Å²) in [7, 11) is 0. The summed E-state index contributed by atoms with van der Waals surface area (Å²) in [5, 5.41) is 2.59. The summed E-state index contributed by atoms with van der Waals surface area (Å²) in [6.07, 6.45) is 1.53. The van der Waals surface area contributed by atoms with Gasteiger partial charge in [0.15, 0.2) is 0 Å². The predicted molar refractivity (Wildman–Crippen MR) is 102 cm³/mol. The van der Waals surface area contributed by atoms with E-state index < -0.39 is 11.9 Å². The van der Waals surface area contributed by atoms with Gasteiger partial charge in [-0.2, -0.15) is 0 Å². The smallest absolute Gasteiger partial charge is 0.333 e. The van der Waals surface area contributed by atoms with Crippen LogP contribution in [0.5, 0.6) is 0 Å². The second-order valence-electron chi connectivity index (χ2n) is 5.68. The van der Waals surface area contributed by atoms with Crippen LogP contribution in [0.3, 0.4) is 0 Å². The normalized spacial score (nSPS) is 15.6. The highest BCUT2D eigenvalue weighted by Gasteiger charge is 2.34. The van der Waals surface area contributed by atoms with Gasteiger partial charge in [0.25, 0.3) is 5.91 Å². The van der Waals surface area contributed by atoms with E-state index in [1.807, 2.05) is 36.4 Å². The second kappa shape index (κ2) is 6.65. The average molecular weight is 409 g/mol. The Morgan fingerprint density at radius 3 is 2.54 bits per heavy atom. The van der Waals surface area contributed by atoms with Gasteiger partial charge >= 0.3 is 6.03 Å². The van der Waals surface area contributed by atoms with Gasteiger partial charge in [0.05, 0.1) is 5.69 Å². The molecule has 128 valence electrons. The number of amides is 3. The van der Waals surface area contributed by atoms with Crippen molar-refractivity contribution < 1.29 is 14.0 Å². The Labute approximate surface area is 158 Å². The molecule has 3 aromatic rings. The molecule has 0 saturated carbocycles. The number of para-hydroxylation sites is 1. The molecule has 0 atom stereocenters. The molecule has 0 aliphatic carbocycles. The lowest BCUT2D eigenvalue weighted by Gasteiger charge is -2.10. The fourth-order valence-electron chi connectivity index (χ4n) is 2.72. The Balaban J connectivity index is 1.62. The van der Waals surface area contributed by atoms with Crippen LogP contribution in [0, 0.1) is 0 Å². The molecule has 1 aliphatic rings. The van der Waals surface area contributed by atoms with E-state index >= 15 is 0 Å². The molecule has 0 unspecified atom stereocenters. The fraction of sp³-hybridized carbons (Fsp3) is 0. The van der Waals surface area contributed by atoms with Crippen LogP contribution >= 0.6 is 15.9 Å². The Morgan fingerprint density at radius 2 is 1.77 bits per heavy atom. The van der Waals surface area contributed by atoms with Crippen molar-refractivity contribution in [3.05, 3.63) is 82.7 Å². The monoisotopic (exact) mass is 408 g/mol. The van der Waals surface area contributed by atoms with Crippen molar-refractivity contribution in [3.63, 3.8) is 0 Å². The lowest BCUT2D eigenvalue weighted by molar-refractivity contribution is -0.113. The third-order valence-electron chi connectivity index (χ3n) is 3.92. The Kier molecular flexibility index (Phi) is 4.18. The molecule has 2 aromatic carbocycles. The van der Waals surface area contributed by atoms with Crippen LogP contribution in [0.2, 0.25) is 0 Å². The number of anilines is 1. The quantitative estimate of drug-likeness (QED) is 0.499. The van der Waals surface area contributed by atoms with E-state index in [0.717, 1.165) is 14.9 Å². The van der Waals surface area contributed by atoms with Gasteiger partial charge < -0.3 is 9.73 Å². The highest BCUT2D eigenvalue weighted by atomic mass is 79.9. The minimum atomic E-state index is -0.480. The number of nitrogens with zero attached hydrogens (tertiary/aromatic N) is 1. The summed E-state index contributed by atoms with van der Waals surface area (Å²) in [6, 6.07) is 19.6. The summed E-state index contributed by atoms with van der Waals surface area (Å²) < 4.78 is 6.74. The van der Waals surface area contributed by atoms with Crippen LogP contribution in [0.15, 0.2) is 81.3 Å². The molecule has 1 N–H and O–H groups in total. The minimum Gasteiger partial charge on any atom is -0.457 e. The standard InChI is InChI=1S/C20H13BrN2O3/c21-14-6-4-5-13(11-14)18-10-9-16(26-18)12-17-19(24)23(20(25)22-17)15-7-2-1-3-8-15/h1-12H,(H,22,25)/b17-12+. The van der Waals surface area contributed by atoms with Crippen molar-refractivity contribution in [1.82, 2.24) is 5.32 Å². The molecule has 1 aliphatic heterocycles. The molecule has 0 radical (unpaired) electrons. The van der Waals surface area contributed by atoms with E-state index in [0.29, 0.717) is 17.2 Å². The molecule has 1 saturated heterocycles. The zero-order chi connectivity index (χ0) is 18.1. The number of furan rings is 1. The van der Waals surface area contributed by atoms with Gasteiger partial charge in [0, 0.05) is 16.1 Å². The first-order valence-corrected chi connectivity index (χ1v) is 8.69. The van der Waals surface area contributed by atoms with Crippen LogP contribution in [0.4, 0.5) is 10.5 Å². The molecule has 1 aromatic heterocycles. The molecule has 1 fully saturated rings. The number of nitrogens with one attached hydrogen (secondary N) is 1. The maximum absolute atomic E-state index is 12.6. The van der Waals surface area contributed by atoms with E-state index in [2.05, 4.69) is 21.2 Å². The van der Waals surface area contributed by atoms with E-state index in [1.165, 1.54) is 6.08 Å². The molecular weight excluding hydrogens is 396 g/mol. The molecule has 26 heavy (non-hydrogen) atoms. The molecular formula is C20H13BrN2O3. The molecule has 5 nitrogen and oxygen atoms in total. The third-order valence-corrected chi connectivity index (χ3v) is 4.41. The molecule has 2 heterocycles. The highest BCUT2D eigenvalue weighted by Crippen LogP contribution is 2.27. The lowest BCUT2D eigenvalue weighted by Crippen LogP contribution is -2.30. The van der Waals surface area contributed by atoms with Gasteiger partial charge in [-0.15, -0.1) is 0 Å². The van der Waals surface area contributed by atoms with Crippen LogP contribution < -0.4 is 10.2 Å². The van der Waals surface area contributed by atoms with Gasteiger partial charge in [0.2, 0.25) is 0 Å². The molecule has 0 spiro atoms. The number of hydrogen-bond acceptors (Lipinski definition) is 3. The Morgan fingerprint density at radius 1 is 0.962 bits per heavy atom. The number of hydrogen-bond donors (Lipinski definition) is 1. The summed E-state index contributed by atoms with van der Waals surface area (Å²) in [4.78, 5) is 25.8. The number of carbonyl (C=O) groups is 2. The van der Waals surface area contributed by atoms with Crippen molar-refractivity contribution >= 4 is 39.6 Å². The van der Waals surface area contributed by atoms with E-state index in [1.54, 1.807) is 30.3 Å². The number of halogens is 1. The third kappa shape index (κ3) is 3.07. The summed E-state index contributed by atoms with van der Waals surface area (Å²) in [5.74, 6) is 0.745. The Hall–Kier alpha value is -3.12. The average Bonchev–Trinajstić information content (AvgIpc) is 3.21. The SMILES string of the molecule is O=C1N/C(=C/c2ccc(-c3cccc(Br)c3)o2)C(=O)N1c1ccccc1. The Bertz CT molecular complexity index is 1020. The maximum Gasteiger partial charge on any atom is 0.333 e. The molecule has 6 heteroatoms. The summed E-state index contributed by atoms with van der Waals surface area (Å²) in [6.45, 7) is 0. The van der Waals surface area contributed by atoms with Crippen molar-refractivity contribution in [2.45, 2.75) is 0 Å². The number of urea groups is 1. The zero-order valence-electron chi connectivity index (χ0n) is 13.5. The van der Waals surface area contributed by atoms with Gasteiger partial charge in [-0.05, 0) is 36.4 Å². The first-order valence-electron chi connectivity index (χ1n) is 7.90. The zero-order valence-corrected chi connectivity index (χ0v) is 15.1. The number of imide groups is 1. The van der Waals surface area contributed by atoms with E-state index in [-0.39, 0.29) is 5.70 Å². The molecule has 0 bridgehead atoms. The fourth-order valence-corrected chi connectivity index (χ4v) is 3.12. The van der Waals surface area contributed by atoms with Gasteiger partial charge in [-0.25, -0.2) is 9.69 Å². The number of rotatable bonds is 3.